The van der Waals surface area contributed by atoms with Crippen LogP contribution in [0.3, 0.4) is 0 Å². The highest BCUT2D eigenvalue weighted by Crippen LogP contribution is 2.15. The molecule has 0 aromatic carbocycles. The van der Waals surface area contributed by atoms with E-state index in [1.807, 2.05) is 7.05 Å². The molecule has 0 spiro atoms. The van der Waals surface area contributed by atoms with E-state index in [0.29, 0.717) is 17.6 Å². The number of nitrogens with zero attached hydrogens (tertiary/aromatic N) is 3. The van der Waals surface area contributed by atoms with E-state index in [9.17, 15) is 9.59 Å². The molecule has 0 fully saturated rings. The Hall–Kier alpha value is -2.66. The Bertz CT molecular complexity index is 800. The largest absolute Gasteiger partial charge is 0.462 e. The van der Waals surface area contributed by atoms with Gasteiger partial charge in [0, 0.05) is 17.5 Å². The molecule has 8 heteroatoms. The standard InChI is InChI=1S/C15H19N5O3/c1-3-23-15(22)11-9-18-13-10(6-7-16)12(5-4-8-17-2)19-20(13)14(11)21/h9,17,19H,3-6,8H2,1-2H3. The monoisotopic (exact) mass is 317 g/mol. The second-order valence-corrected chi connectivity index (χ2v) is 4.97. The Morgan fingerprint density at radius 1 is 1.57 bits per heavy atom. The molecule has 2 heterocycles. The predicted octanol–water partition coefficient (Wildman–Crippen LogP) is 0.417. The molecule has 0 aliphatic heterocycles. The minimum Gasteiger partial charge on any atom is -0.462 e. The summed E-state index contributed by atoms with van der Waals surface area (Å²) in [4.78, 5) is 28.4. The lowest BCUT2D eigenvalue weighted by molar-refractivity contribution is 0.0523. The van der Waals surface area contributed by atoms with Gasteiger partial charge in [0.1, 0.15) is 5.56 Å². The molecule has 0 radical (unpaired) electrons. The predicted molar refractivity (Wildman–Crippen MR) is 83.3 cm³/mol. The van der Waals surface area contributed by atoms with Crippen molar-refractivity contribution in [2.75, 3.05) is 20.2 Å². The van der Waals surface area contributed by atoms with Crippen LogP contribution in [-0.2, 0) is 17.6 Å². The highest BCUT2D eigenvalue weighted by molar-refractivity contribution is 5.88. The van der Waals surface area contributed by atoms with Crippen LogP contribution in [0.25, 0.3) is 5.65 Å². The lowest BCUT2D eigenvalue weighted by Gasteiger charge is -2.01. The van der Waals surface area contributed by atoms with Gasteiger partial charge >= 0.3 is 5.97 Å². The number of rotatable bonds is 7. The fourth-order valence-electron chi connectivity index (χ4n) is 2.37. The van der Waals surface area contributed by atoms with E-state index < -0.39 is 11.5 Å². The Morgan fingerprint density at radius 3 is 3.00 bits per heavy atom. The number of aromatic amines is 1. The molecule has 23 heavy (non-hydrogen) atoms. The summed E-state index contributed by atoms with van der Waals surface area (Å²) in [5, 5.41) is 15.0. The number of esters is 1. The maximum Gasteiger partial charge on any atom is 0.345 e. The number of carbonyl (C=O) groups excluding carboxylic acids is 1. The fourth-order valence-corrected chi connectivity index (χ4v) is 2.37. The molecule has 122 valence electrons. The highest BCUT2D eigenvalue weighted by atomic mass is 16.5. The molecule has 2 rings (SSSR count). The molecule has 0 aliphatic carbocycles. The Labute approximate surface area is 133 Å². The first kappa shape index (κ1) is 16.7. The van der Waals surface area contributed by atoms with Crippen LogP contribution < -0.4 is 10.9 Å². The van der Waals surface area contributed by atoms with Crippen LogP contribution in [0.1, 0.15) is 35.0 Å². The second kappa shape index (κ2) is 7.56. The van der Waals surface area contributed by atoms with Crippen molar-refractivity contribution in [1.29, 1.82) is 5.26 Å². The normalized spacial score (nSPS) is 10.7. The summed E-state index contributed by atoms with van der Waals surface area (Å²) >= 11 is 0. The van der Waals surface area contributed by atoms with Gasteiger partial charge in [0.15, 0.2) is 5.65 Å². The summed E-state index contributed by atoms with van der Waals surface area (Å²) in [6.45, 7) is 2.67. The van der Waals surface area contributed by atoms with Crippen molar-refractivity contribution >= 4 is 11.6 Å². The van der Waals surface area contributed by atoms with E-state index in [2.05, 4.69) is 21.5 Å². The number of carbonyl (C=O) groups is 1. The number of nitriles is 1. The Balaban J connectivity index is 2.50. The van der Waals surface area contributed by atoms with Gasteiger partial charge in [0.05, 0.1) is 19.1 Å². The summed E-state index contributed by atoms with van der Waals surface area (Å²) in [6, 6.07) is 2.09. The van der Waals surface area contributed by atoms with Crippen molar-refractivity contribution in [2.45, 2.75) is 26.2 Å². The molecule has 0 amide bonds. The molecule has 0 saturated heterocycles. The number of H-pyrrole nitrogens is 1. The average molecular weight is 317 g/mol. The number of fused-ring (bicyclic) bond motifs is 1. The van der Waals surface area contributed by atoms with E-state index in [1.54, 1.807) is 6.92 Å². The zero-order valence-electron chi connectivity index (χ0n) is 13.2. The number of aryl methyl sites for hydroxylation is 1. The minimum atomic E-state index is -0.701. The fraction of sp³-hybridized carbons (Fsp3) is 0.467. The maximum atomic E-state index is 12.4. The van der Waals surface area contributed by atoms with Gasteiger partial charge in [-0.25, -0.2) is 14.3 Å². The Kier molecular flexibility index (Phi) is 5.49. The molecule has 0 atom stereocenters. The van der Waals surface area contributed by atoms with Crippen LogP contribution in [0, 0.1) is 11.3 Å². The number of aromatic nitrogens is 3. The molecule has 0 saturated carbocycles. The summed E-state index contributed by atoms with van der Waals surface area (Å²) in [5.41, 5.74) is 1.20. The van der Waals surface area contributed by atoms with Crippen molar-refractivity contribution in [3.05, 3.63) is 33.4 Å². The summed E-state index contributed by atoms with van der Waals surface area (Å²) < 4.78 is 6.07. The van der Waals surface area contributed by atoms with Crippen LogP contribution in [0.5, 0.6) is 0 Å². The lowest BCUT2D eigenvalue weighted by Crippen LogP contribution is -2.24. The van der Waals surface area contributed by atoms with Gasteiger partial charge in [0.25, 0.3) is 5.56 Å². The summed E-state index contributed by atoms with van der Waals surface area (Å²) in [6.07, 6.45) is 2.88. The molecule has 2 N–H and O–H groups in total. The van der Waals surface area contributed by atoms with Crippen LogP contribution in [0.4, 0.5) is 0 Å². The summed E-state index contributed by atoms with van der Waals surface area (Å²) in [7, 11) is 1.86. The topological polar surface area (TPSA) is 112 Å². The second-order valence-electron chi connectivity index (χ2n) is 4.97. The minimum absolute atomic E-state index is 0.129. The van der Waals surface area contributed by atoms with E-state index in [-0.39, 0.29) is 18.6 Å². The SMILES string of the molecule is CCOC(=O)c1cnc2c(CC#N)c(CCCNC)[nH]n2c1=O. The molecule has 0 aliphatic rings. The third-order valence-electron chi connectivity index (χ3n) is 3.45. The van der Waals surface area contributed by atoms with Crippen molar-refractivity contribution in [3.63, 3.8) is 0 Å². The smallest absolute Gasteiger partial charge is 0.345 e. The zero-order valence-corrected chi connectivity index (χ0v) is 13.2. The van der Waals surface area contributed by atoms with Gasteiger partial charge in [-0.3, -0.25) is 9.89 Å². The zero-order chi connectivity index (χ0) is 16.8. The van der Waals surface area contributed by atoms with E-state index in [1.165, 1.54) is 10.7 Å². The molecule has 0 bridgehead atoms. The van der Waals surface area contributed by atoms with Gasteiger partial charge in [-0.05, 0) is 33.4 Å². The first-order valence-corrected chi connectivity index (χ1v) is 7.44. The number of ether oxygens (including phenoxy) is 1. The molecule has 0 unspecified atom stereocenters. The molecule has 2 aromatic heterocycles. The van der Waals surface area contributed by atoms with E-state index in [4.69, 9.17) is 10.00 Å². The lowest BCUT2D eigenvalue weighted by atomic mass is 10.1. The molecule has 2 aromatic rings. The number of hydrogen-bond acceptors (Lipinski definition) is 6. The third-order valence-corrected chi connectivity index (χ3v) is 3.45. The molecule has 8 nitrogen and oxygen atoms in total. The van der Waals surface area contributed by atoms with E-state index in [0.717, 1.165) is 18.7 Å². The number of nitrogens with one attached hydrogen (secondary N) is 2. The maximum absolute atomic E-state index is 12.4. The average Bonchev–Trinajstić information content (AvgIpc) is 2.88. The van der Waals surface area contributed by atoms with Gasteiger partial charge in [-0.1, -0.05) is 0 Å². The van der Waals surface area contributed by atoms with Crippen molar-refractivity contribution in [1.82, 2.24) is 19.9 Å². The van der Waals surface area contributed by atoms with Crippen molar-refractivity contribution < 1.29 is 9.53 Å². The van der Waals surface area contributed by atoms with Crippen molar-refractivity contribution in [2.24, 2.45) is 0 Å². The van der Waals surface area contributed by atoms with E-state index >= 15 is 0 Å². The quantitative estimate of drug-likeness (QED) is 0.565. The van der Waals surface area contributed by atoms with Crippen LogP contribution in [0.15, 0.2) is 11.0 Å². The van der Waals surface area contributed by atoms with Gasteiger partial charge < -0.3 is 10.1 Å². The van der Waals surface area contributed by atoms with Crippen LogP contribution in [0.2, 0.25) is 0 Å². The highest BCUT2D eigenvalue weighted by Gasteiger charge is 2.19. The van der Waals surface area contributed by atoms with Crippen LogP contribution >= 0.6 is 0 Å². The third kappa shape index (κ3) is 3.40. The first-order chi connectivity index (χ1) is 11.1. The first-order valence-electron chi connectivity index (χ1n) is 7.44. The molecular weight excluding hydrogens is 298 g/mol. The number of hydrogen-bond donors (Lipinski definition) is 2. The van der Waals surface area contributed by atoms with Gasteiger partial charge in [-0.2, -0.15) is 5.26 Å². The van der Waals surface area contributed by atoms with Gasteiger partial charge in [0.2, 0.25) is 0 Å². The Morgan fingerprint density at radius 2 is 2.35 bits per heavy atom. The summed E-state index contributed by atoms with van der Waals surface area (Å²) in [5.74, 6) is -0.701. The van der Waals surface area contributed by atoms with Gasteiger partial charge in [-0.15, -0.1) is 0 Å². The molecular formula is C15H19N5O3. The van der Waals surface area contributed by atoms with Crippen molar-refractivity contribution in [3.8, 4) is 6.07 Å². The van der Waals surface area contributed by atoms with Crippen LogP contribution in [-0.4, -0.2) is 40.8 Å².